The van der Waals surface area contributed by atoms with Crippen LogP contribution < -0.4 is 0 Å². The highest BCUT2D eigenvalue weighted by atomic mass is 35.5. The lowest BCUT2D eigenvalue weighted by Crippen LogP contribution is -2.13. The molecule has 0 amide bonds. The SMILES string of the molecule is CSc1nc(C)c(C(=O)OCCCc2ccccc2)c(-c2cccc(Cl)c2)n1. The number of aryl methyl sites for hydroxylation is 2. The third kappa shape index (κ3) is 5.12. The van der Waals surface area contributed by atoms with Gasteiger partial charge in [-0.1, -0.05) is 65.8 Å². The van der Waals surface area contributed by atoms with E-state index < -0.39 is 5.97 Å². The van der Waals surface area contributed by atoms with Gasteiger partial charge in [-0.3, -0.25) is 0 Å². The van der Waals surface area contributed by atoms with Crippen LogP contribution in [0, 0.1) is 6.92 Å². The maximum absolute atomic E-state index is 12.8. The lowest BCUT2D eigenvalue weighted by Gasteiger charge is -2.13. The van der Waals surface area contributed by atoms with Crippen LogP contribution >= 0.6 is 23.4 Å². The first-order valence-corrected chi connectivity index (χ1v) is 10.6. The van der Waals surface area contributed by atoms with E-state index in [1.165, 1.54) is 17.3 Å². The number of carbonyl (C=O) groups excluding carboxylic acids is 1. The second kappa shape index (κ2) is 9.71. The Morgan fingerprint density at radius 2 is 1.89 bits per heavy atom. The van der Waals surface area contributed by atoms with Crippen LogP contribution in [0.2, 0.25) is 5.02 Å². The Balaban J connectivity index is 1.78. The zero-order valence-corrected chi connectivity index (χ0v) is 17.4. The molecule has 0 fully saturated rings. The fourth-order valence-electron chi connectivity index (χ4n) is 2.89. The molecule has 144 valence electrons. The topological polar surface area (TPSA) is 52.1 Å². The zero-order valence-electron chi connectivity index (χ0n) is 15.8. The highest BCUT2D eigenvalue weighted by Crippen LogP contribution is 2.28. The minimum absolute atomic E-state index is 0.340. The van der Waals surface area contributed by atoms with Crippen LogP contribution in [-0.4, -0.2) is 28.8 Å². The predicted octanol–water partition coefficient (Wildman–Crippen LogP) is 5.62. The molecule has 0 atom stereocenters. The fourth-order valence-corrected chi connectivity index (χ4v) is 3.49. The quantitative estimate of drug-likeness (QED) is 0.218. The molecule has 0 radical (unpaired) electrons. The van der Waals surface area contributed by atoms with Gasteiger partial charge < -0.3 is 4.74 Å². The molecule has 28 heavy (non-hydrogen) atoms. The Bertz CT molecular complexity index is 964. The van der Waals surface area contributed by atoms with Crippen molar-refractivity contribution in [2.45, 2.75) is 24.9 Å². The van der Waals surface area contributed by atoms with Crippen LogP contribution in [0.25, 0.3) is 11.3 Å². The first kappa shape index (κ1) is 20.4. The fraction of sp³-hybridized carbons (Fsp3) is 0.227. The third-order valence-electron chi connectivity index (χ3n) is 4.24. The van der Waals surface area contributed by atoms with Crippen molar-refractivity contribution in [2.75, 3.05) is 12.9 Å². The summed E-state index contributed by atoms with van der Waals surface area (Å²) >= 11 is 7.56. The molecule has 2 aromatic carbocycles. The maximum Gasteiger partial charge on any atom is 0.342 e. The monoisotopic (exact) mass is 412 g/mol. The minimum Gasteiger partial charge on any atom is -0.462 e. The summed E-state index contributed by atoms with van der Waals surface area (Å²) in [5.74, 6) is -0.409. The summed E-state index contributed by atoms with van der Waals surface area (Å²) in [7, 11) is 0. The van der Waals surface area contributed by atoms with Gasteiger partial charge in [0.05, 0.1) is 18.0 Å². The normalized spacial score (nSPS) is 10.7. The molecular formula is C22H21ClN2O2S. The predicted molar refractivity (Wildman–Crippen MR) is 114 cm³/mol. The molecule has 0 aliphatic rings. The van der Waals surface area contributed by atoms with Crippen LogP contribution in [0.3, 0.4) is 0 Å². The molecule has 0 aliphatic heterocycles. The third-order valence-corrected chi connectivity index (χ3v) is 5.02. The summed E-state index contributed by atoms with van der Waals surface area (Å²) in [6, 6.07) is 17.4. The summed E-state index contributed by atoms with van der Waals surface area (Å²) < 4.78 is 5.54. The van der Waals surface area contributed by atoms with Gasteiger partial charge in [-0.2, -0.15) is 0 Å². The number of thioether (sulfide) groups is 1. The lowest BCUT2D eigenvalue weighted by molar-refractivity contribution is 0.0499. The molecule has 0 bridgehead atoms. The summed E-state index contributed by atoms with van der Waals surface area (Å²) in [5.41, 5.74) is 3.53. The molecule has 4 nitrogen and oxygen atoms in total. The minimum atomic E-state index is -0.409. The van der Waals surface area contributed by atoms with Crippen molar-refractivity contribution in [1.29, 1.82) is 0 Å². The van der Waals surface area contributed by atoms with Crippen molar-refractivity contribution >= 4 is 29.3 Å². The second-order valence-corrected chi connectivity index (χ2v) is 7.46. The van der Waals surface area contributed by atoms with E-state index in [9.17, 15) is 4.79 Å². The summed E-state index contributed by atoms with van der Waals surface area (Å²) in [6.45, 7) is 2.14. The van der Waals surface area contributed by atoms with Gasteiger partial charge in [0, 0.05) is 10.6 Å². The number of hydrogen-bond donors (Lipinski definition) is 0. The van der Waals surface area contributed by atoms with E-state index in [-0.39, 0.29) is 0 Å². The van der Waals surface area contributed by atoms with Crippen LogP contribution in [0.1, 0.15) is 28.0 Å². The van der Waals surface area contributed by atoms with Crippen molar-refractivity contribution in [1.82, 2.24) is 9.97 Å². The molecule has 0 saturated carbocycles. The average Bonchev–Trinajstić information content (AvgIpc) is 2.71. The van der Waals surface area contributed by atoms with Crippen LogP contribution in [0.4, 0.5) is 0 Å². The van der Waals surface area contributed by atoms with Gasteiger partial charge in [0.2, 0.25) is 0 Å². The molecular weight excluding hydrogens is 392 g/mol. The van der Waals surface area contributed by atoms with E-state index in [0.29, 0.717) is 33.7 Å². The van der Waals surface area contributed by atoms with E-state index in [0.717, 1.165) is 18.4 Å². The van der Waals surface area contributed by atoms with E-state index in [2.05, 4.69) is 22.1 Å². The number of nitrogens with zero attached hydrogens (tertiary/aromatic N) is 2. The first-order chi connectivity index (χ1) is 13.6. The largest absolute Gasteiger partial charge is 0.462 e. The number of benzene rings is 2. The Morgan fingerprint density at radius 3 is 2.61 bits per heavy atom. The van der Waals surface area contributed by atoms with Gasteiger partial charge in [0.15, 0.2) is 5.16 Å². The van der Waals surface area contributed by atoms with Crippen LogP contribution in [-0.2, 0) is 11.2 Å². The highest BCUT2D eigenvalue weighted by Gasteiger charge is 2.21. The van der Waals surface area contributed by atoms with Gasteiger partial charge >= 0.3 is 5.97 Å². The molecule has 1 heterocycles. The van der Waals surface area contributed by atoms with Gasteiger partial charge in [0.1, 0.15) is 5.56 Å². The Labute approximate surface area is 174 Å². The standard InChI is InChI=1S/C22H21ClN2O2S/c1-15-19(21(26)27-13-7-10-16-8-4-3-5-9-16)20(25-22(24-15)28-2)17-11-6-12-18(23)14-17/h3-6,8-9,11-12,14H,7,10,13H2,1-2H3. The van der Waals surface area contributed by atoms with E-state index in [4.69, 9.17) is 16.3 Å². The molecule has 3 aromatic rings. The van der Waals surface area contributed by atoms with Crippen LogP contribution in [0.15, 0.2) is 59.8 Å². The average molecular weight is 413 g/mol. The number of esters is 1. The highest BCUT2D eigenvalue weighted by molar-refractivity contribution is 7.98. The number of rotatable bonds is 7. The van der Waals surface area contributed by atoms with E-state index in [1.54, 1.807) is 19.1 Å². The number of aromatic nitrogens is 2. The molecule has 0 aliphatic carbocycles. The van der Waals surface area contributed by atoms with Gasteiger partial charge in [-0.05, 0) is 43.7 Å². The smallest absolute Gasteiger partial charge is 0.342 e. The number of ether oxygens (including phenoxy) is 1. The zero-order chi connectivity index (χ0) is 19.9. The molecule has 3 rings (SSSR count). The molecule has 0 unspecified atom stereocenters. The molecule has 0 spiro atoms. The van der Waals surface area contributed by atoms with Crippen LogP contribution in [0.5, 0.6) is 0 Å². The van der Waals surface area contributed by atoms with E-state index >= 15 is 0 Å². The first-order valence-electron chi connectivity index (χ1n) is 8.98. The van der Waals surface area contributed by atoms with Crippen molar-refractivity contribution in [3.63, 3.8) is 0 Å². The van der Waals surface area contributed by atoms with Gasteiger partial charge in [0.25, 0.3) is 0 Å². The van der Waals surface area contributed by atoms with Crippen molar-refractivity contribution < 1.29 is 9.53 Å². The van der Waals surface area contributed by atoms with Gasteiger partial charge in [-0.15, -0.1) is 0 Å². The Hall–Kier alpha value is -2.37. The van der Waals surface area contributed by atoms with Crippen molar-refractivity contribution in [2.24, 2.45) is 0 Å². The van der Waals surface area contributed by atoms with E-state index in [1.807, 2.05) is 36.6 Å². The maximum atomic E-state index is 12.8. The molecule has 0 saturated heterocycles. The Morgan fingerprint density at radius 1 is 1.11 bits per heavy atom. The molecule has 1 aromatic heterocycles. The lowest BCUT2D eigenvalue weighted by atomic mass is 10.0. The number of carbonyl (C=O) groups is 1. The molecule has 6 heteroatoms. The van der Waals surface area contributed by atoms with Crippen molar-refractivity contribution in [3.05, 3.63) is 76.4 Å². The van der Waals surface area contributed by atoms with Crippen molar-refractivity contribution in [3.8, 4) is 11.3 Å². The summed E-state index contributed by atoms with van der Waals surface area (Å²) in [5, 5.41) is 1.19. The molecule has 0 N–H and O–H groups in total. The second-order valence-electron chi connectivity index (χ2n) is 6.25. The summed E-state index contributed by atoms with van der Waals surface area (Å²) in [6.07, 6.45) is 3.51. The number of hydrogen-bond acceptors (Lipinski definition) is 5. The summed E-state index contributed by atoms with van der Waals surface area (Å²) in [4.78, 5) is 21.8. The van der Waals surface area contributed by atoms with Gasteiger partial charge in [-0.25, -0.2) is 14.8 Å². The number of halogens is 1. The Kier molecular flexibility index (Phi) is 7.06.